The van der Waals surface area contributed by atoms with Crippen molar-refractivity contribution in [2.75, 3.05) is 19.0 Å². The average Bonchev–Trinajstić information content (AvgIpc) is 3.67. The molecule has 3 aromatic rings. The van der Waals surface area contributed by atoms with E-state index < -0.39 is 41.0 Å². The molecular formula is C35H39N3O6. The van der Waals surface area contributed by atoms with Gasteiger partial charge in [0, 0.05) is 12.2 Å². The van der Waals surface area contributed by atoms with Gasteiger partial charge >= 0.3 is 0 Å². The number of ether oxygens (including phenoxy) is 2. The highest BCUT2D eigenvalue weighted by molar-refractivity contribution is 6.04. The van der Waals surface area contributed by atoms with Crippen LogP contribution in [0.1, 0.15) is 37.3 Å². The van der Waals surface area contributed by atoms with Crippen LogP contribution >= 0.6 is 0 Å². The number of nitrogens with zero attached hydrogens (tertiary/aromatic N) is 1. The minimum atomic E-state index is -1.21. The van der Waals surface area contributed by atoms with Crippen molar-refractivity contribution < 1.29 is 29.0 Å². The topological polar surface area (TPSA) is 117 Å². The van der Waals surface area contributed by atoms with Crippen LogP contribution in [-0.4, -0.2) is 64.7 Å². The molecule has 3 aromatic carbocycles. The number of carbonyl (C=O) groups excluding carboxylic acids is 3. The molecule has 6 rings (SSSR count). The largest absolute Gasteiger partial charge is 0.497 e. The molecule has 0 saturated carbocycles. The molecule has 3 fully saturated rings. The van der Waals surface area contributed by atoms with Gasteiger partial charge in [-0.2, -0.15) is 0 Å². The van der Waals surface area contributed by atoms with E-state index in [4.69, 9.17) is 9.47 Å². The van der Waals surface area contributed by atoms with Gasteiger partial charge in [0.05, 0.1) is 37.2 Å². The summed E-state index contributed by atoms with van der Waals surface area (Å²) in [4.78, 5) is 44.4. The summed E-state index contributed by atoms with van der Waals surface area (Å²) in [6.45, 7) is 1.94. The van der Waals surface area contributed by atoms with Crippen molar-refractivity contribution >= 4 is 23.4 Å². The Morgan fingerprint density at radius 2 is 1.64 bits per heavy atom. The number of fused-ring (bicyclic) bond motifs is 1. The van der Waals surface area contributed by atoms with E-state index in [1.165, 1.54) is 4.90 Å². The summed E-state index contributed by atoms with van der Waals surface area (Å²) in [7, 11) is 1.57. The predicted molar refractivity (Wildman–Crippen MR) is 165 cm³/mol. The first-order valence-corrected chi connectivity index (χ1v) is 15.3. The maximum absolute atomic E-state index is 14.6. The first kappa shape index (κ1) is 29.8. The number of methoxy groups -OCH3 is 1. The van der Waals surface area contributed by atoms with Crippen molar-refractivity contribution in [2.24, 2.45) is 11.8 Å². The quantitative estimate of drug-likeness (QED) is 0.310. The Balaban J connectivity index is 1.37. The lowest BCUT2D eigenvalue weighted by Gasteiger charge is -2.37. The second kappa shape index (κ2) is 12.1. The fraction of sp³-hybridized carbons (Fsp3) is 0.400. The fourth-order valence-corrected chi connectivity index (χ4v) is 7.66. The summed E-state index contributed by atoms with van der Waals surface area (Å²) in [6, 6.07) is 24.4. The zero-order chi connectivity index (χ0) is 30.9. The third kappa shape index (κ3) is 5.04. The Bertz CT molecular complexity index is 1500. The van der Waals surface area contributed by atoms with Gasteiger partial charge in [0.2, 0.25) is 17.7 Å². The SMILES string of the molecule is CC[C@@]12CCC3(O1)C(C(=O)Nc1ccc(OC)cc1)N([C@@H](CO)Cc1ccccc1)C(=O)[C@@H]3[C@@H]2C(=O)NCc1ccccc1. The molecule has 9 nitrogen and oxygen atoms in total. The highest BCUT2D eigenvalue weighted by Gasteiger charge is 2.79. The van der Waals surface area contributed by atoms with E-state index in [2.05, 4.69) is 10.6 Å². The molecule has 0 aromatic heterocycles. The third-order valence-electron chi connectivity index (χ3n) is 9.74. The summed E-state index contributed by atoms with van der Waals surface area (Å²) in [5.41, 5.74) is 0.351. The monoisotopic (exact) mass is 597 g/mol. The number of hydrogen-bond donors (Lipinski definition) is 3. The van der Waals surface area contributed by atoms with Gasteiger partial charge in [0.1, 0.15) is 17.4 Å². The minimum absolute atomic E-state index is 0.254. The third-order valence-corrected chi connectivity index (χ3v) is 9.74. The minimum Gasteiger partial charge on any atom is -0.497 e. The van der Waals surface area contributed by atoms with E-state index in [-0.39, 0.29) is 18.4 Å². The Morgan fingerprint density at radius 1 is 0.977 bits per heavy atom. The molecule has 3 N–H and O–H groups in total. The van der Waals surface area contributed by atoms with E-state index in [0.29, 0.717) is 43.7 Å². The maximum Gasteiger partial charge on any atom is 0.250 e. The van der Waals surface area contributed by atoms with Crippen LogP contribution in [0.3, 0.4) is 0 Å². The summed E-state index contributed by atoms with van der Waals surface area (Å²) < 4.78 is 12.1. The predicted octanol–water partition coefficient (Wildman–Crippen LogP) is 3.71. The van der Waals surface area contributed by atoms with E-state index in [1.807, 2.05) is 67.6 Å². The smallest absolute Gasteiger partial charge is 0.250 e. The van der Waals surface area contributed by atoms with Crippen molar-refractivity contribution in [3.8, 4) is 5.75 Å². The van der Waals surface area contributed by atoms with Gasteiger partial charge in [-0.25, -0.2) is 0 Å². The number of aliphatic hydroxyl groups excluding tert-OH is 1. The van der Waals surface area contributed by atoms with Crippen LogP contribution in [0.15, 0.2) is 84.9 Å². The molecule has 230 valence electrons. The average molecular weight is 598 g/mol. The molecule has 2 bridgehead atoms. The summed E-state index contributed by atoms with van der Waals surface area (Å²) in [5.74, 6) is -1.97. The normalized spacial score (nSPS) is 27.6. The van der Waals surface area contributed by atoms with Crippen LogP contribution in [-0.2, 0) is 32.1 Å². The molecule has 3 aliphatic rings. The molecule has 3 heterocycles. The summed E-state index contributed by atoms with van der Waals surface area (Å²) >= 11 is 0. The first-order chi connectivity index (χ1) is 21.4. The molecule has 0 radical (unpaired) electrons. The van der Waals surface area contributed by atoms with E-state index in [1.54, 1.807) is 31.4 Å². The molecule has 0 aliphatic carbocycles. The number of likely N-dealkylation sites (tertiary alicyclic amines) is 1. The number of amides is 3. The summed E-state index contributed by atoms with van der Waals surface area (Å²) in [6.07, 6.45) is 1.89. The second-order valence-electron chi connectivity index (χ2n) is 12.0. The van der Waals surface area contributed by atoms with Gasteiger partial charge in [-0.1, -0.05) is 67.6 Å². The number of rotatable bonds is 11. The number of hydrogen-bond acceptors (Lipinski definition) is 6. The van der Waals surface area contributed by atoms with Crippen molar-refractivity contribution in [1.82, 2.24) is 10.2 Å². The second-order valence-corrected chi connectivity index (χ2v) is 12.0. The van der Waals surface area contributed by atoms with Crippen molar-refractivity contribution in [3.05, 3.63) is 96.1 Å². The van der Waals surface area contributed by atoms with Crippen molar-refractivity contribution in [2.45, 2.75) is 62.4 Å². The van der Waals surface area contributed by atoms with Crippen LogP contribution in [0.4, 0.5) is 5.69 Å². The van der Waals surface area contributed by atoms with Gasteiger partial charge < -0.3 is 30.1 Å². The number of anilines is 1. The molecule has 3 saturated heterocycles. The van der Waals surface area contributed by atoms with Gasteiger partial charge in [0.25, 0.3) is 0 Å². The fourth-order valence-electron chi connectivity index (χ4n) is 7.66. The van der Waals surface area contributed by atoms with Crippen molar-refractivity contribution in [3.63, 3.8) is 0 Å². The lowest BCUT2D eigenvalue weighted by atomic mass is 9.65. The Labute approximate surface area is 257 Å². The number of benzene rings is 3. The van der Waals surface area contributed by atoms with E-state index >= 15 is 0 Å². The highest BCUT2D eigenvalue weighted by Crippen LogP contribution is 2.64. The van der Waals surface area contributed by atoms with Crippen LogP contribution in [0, 0.1) is 11.8 Å². The zero-order valence-corrected chi connectivity index (χ0v) is 25.1. The molecular weight excluding hydrogens is 558 g/mol. The van der Waals surface area contributed by atoms with Gasteiger partial charge in [-0.15, -0.1) is 0 Å². The maximum atomic E-state index is 14.6. The highest BCUT2D eigenvalue weighted by atomic mass is 16.5. The molecule has 3 amide bonds. The van der Waals surface area contributed by atoms with Crippen LogP contribution in [0.5, 0.6) is 5.75 Å². The Hall–Kier alpha value is -4.21. The Kier molecular flexibility index (Phi) is 8.18. The van der Waals surface area contributed by atoms with Gasteiger partial charge in [-0.05, 0) is 61.1 Å². The number of carbonyl (C=O) groups is 3. The lowest BCUT2D eigenvalue weighted by Crippen LogP contribution is -2.57. The van der Waals surface area contributed by atoms with Crippen molar-refractivity contribution in [1.29, 1.82) is 0 Å². The van der Waals surface area contributed by atoms with Crippen LogP contribution in [0.2, 0.25) is 0 Å². The van der Waals surface area contributed by atoms with Crippen LogP contribution in [0.25, 0.3) is 0 Å². The molecule has 2 unspecified atom stereocenters. The van der Waals surface area contributed by atoms with Crippen LogP contribution < -0.4 is 15.4 Å². The molecule has 9 heteroatoms. The summed E-state index contributed by atoms with van der Waals surface area (Å²) in [5, 5.41) is 16.7. The van der Waals surface area contributed by atoms with E-state index in [0.717, 1.165) is 11.1 Å². The zero-order valence-electron chi connectivity index (χ0n) is 25.1. The Morgan fingerprint density at radius 3 is 2.25 bits per heavy atom. The first-order valence-electron chi connectivity index (χ1n) is 15.3. The molecule has 1 spiro atoms. The number of nitrogens with one attached hydrogen (secondary N) is 2. The van der Waals surface area contributed by atoms with Gasteiger partial charge in [0.15, 0.2) is 0 Å². The lowest BCUT2D eigenvalue weighted by molar-refractivity contribution is -0.149. The number of aliphatic hydroxyl groups is 1. The molecule has 6 atom stereocenters. The molecule has 44 heavy (non-hydrogen) atoms. The molecule has 3 aliphatic heterocycles. The standard InChI is InChI=1S/C35H39N3O6/c1-3-34-18-19-35(44-34)29(28(34)31(40)36-21-24-12-8-5-9-13-24)33(42)38(26(22-39)20-23-10-6-4-7-11-23)30(35)32(41)37-25-14-16-27(43-2)17-15-25/h4-17,26,28-30,39H,3,18-22H2,1-2H3,(H,36,40)(H,37,41)/t26-,28-,29+,30?,34+,35?/m1/s1. The van der Waals surface area contributed by atoms with Gasteiger partial charge in [-0.3, -0.25) is 14.4 Å². The van der Waals surface area contributed by atoms with E-state index in [9.17, 15) is 19.5 Å².